The summed E-state index contributed by atoms with van der Waals surface area (Å²) in [7, 11) is 1.75. The van der Waals surface area contributed by atoms with E-state index < -0.39 is 33.4 Å². The minimum absolute atomic E-state index is 0.0959. The van der Waals surface area contributed by atoms with E-state index in [0.717, 1.165) is 36.4 Å². The molecular weight excluding hydrogens is 596 g/mol. The van der Waals surface area contributed by atoms with Crippen molar-refractivity contribution in [1.82, 2.24) is 9.80 Å². The minimum Gasteiger partial charge on any atom is -0.394 e. The fourth-order valence-corrected chi connectivity index (χ4v) is 10.4. The predicted molar refractivity (Wildman–Crippen MR) is 187 cm³/mol. The molecule has 0 saturated carbocycles. The monoisotopic (exact) mass is 644 g/mol. The van der Waals surface area contributed by atoms with Crippen LogP contribution in [0.5, 0.6) is 0 Å². The lowest BCUT2D eigenvalue weighted by Gasteiger charge is -2.39. The number of aliphatic hydroxyl groups is 1. The largest absolute Gasteiger partial charge is 0.394 e. The summed E-state index contributed by atoms with van der Waals surface area (Å²) < 4.78 is -1.29. The van der Waals surface area contributed by atoms with Gasteiger partial charge >= 0.3 is 0 Å². The molecule has 2 unspecified atom stereocenters. The van der Waals surface area contributed by atoms with Crippen LogP contribution < -0.4 is 9.80 Å². The van der Waals surface area contributed by atoms with Crippen molar-refractivity contribution >= 4 is 40.9 Å². The van der Waals surface area contributed by atoms with Gasteiger partial charge in [-0.15, -0.1) is 24.9 Å². The first-order chi connectivity index (χ1) is 22.1. The summed E-state index contributed by atoms with van der Waals surface area (Å²) in [6.07, 6.45) is 5.15. The molecule has 0 aromatic heterocycles. The molecule has 3 fully saturated rings. The molecule has 9 heteroatoms. The number of anilines is 2. The van der Waals surface area contributed by atoms with Crippen LogP contribution in [0.3, 0.4) is 0 Å². The molecule has 3 saturated heterocycles. The molecule has 5 rings (SSSR count). The van der Waals surface area contributed by atoms with Crippen LogP contribution in [0.15, 0.2) is 79.9 Å². The second-order valence-electron chi connectivity index (χ2n) is 12.9. The Bertz CT molecular complexity index is 1450. The van der Waals surface area contributed by atoms with Gasteiger partial charge in [0.15, 0.2) is 0 Å². The molecule has 1 spiro atoms. The van der Waals surface area contributed by atoms with Crippen LogP contribution in [-0.2, 0) is 20.8 Å². The number of aliphatic hydroxyl groups excluding tert-OH is 1. The van der Waals surface area contributed by atoms with E-state index in [1.807, 2.05) is 54.6 Å². The molecule has 6 atom stereocenters. The number of hydrogen-bond donors (Lipinski definition) is 1. The molecule has 3 heterocycles. The highest BCUT2D eigenvalue weighted by molar-refractivity contribution is 8.02. The molecule has 8 nitrogen and oxygen atoms in total. The van der Waals surface area contributed by atoms with Crippen LogP contribution in [-0.4, -0.2) is 94.0 Å². The SMILES string of the molecule is C=CCN(C)C(=O)[C@H]1[C@H]2C(=O)N([C@@H](CO)Cc3ccccc3)C(C(=O)N(CC=C)c3ccc(N(CC)CC)cc3)C23CC[C@]1(C)S3. The highest BCUT2D eigenvalue weighted by Gasteiger charge is 2.78. The Kier molecular flexibility index (Phi) is 10.0. The lowest BCUT2D eigenvalue weighted by molar-refractivity contribution is -0.145. The first-order valence-corrected chi connectivity index (χ1v) is 17.2. The van der Waals surface area contributed by atoms with Crippen molar-refractivity contribution in [2.75, 3.05) is 49.6 Å². The zero-order valence-corrected chi connectivity index (χ0v) is 28.4. The third kappa shape index (κ3) is 5.66. The lowest BCUT2D eigenvalue weighted by Crippen LogP contribution is -2.58. The summed E-state index contributed by atoms with van der Waals surface area (Å²) >= 11 is 1.65. The number of amides is 3. The van der Waals surface area contributed by atoms with Gasteiger partial charge in [-0.2, -0.15) is 0 Å². The summed E-state index contributed by atoms with van der Waals surface area (Å²) in [5.41, 5.74) is 2.76. The number of nitrogens with zero attached hydrogens (tertiary/aromatic N) is 4. The summed E-state index contributed by atoms with van der Waals surface area (Å²) in [6, 6.07) is 16.2. The van der Waals surface area contributed by atoms with Crippen molar-refractivity contribution < 1.29 is 19.5 Å². The summed E-state index contributed by atoms with van der Waals surface area (Å²) in [6.45, 7) is 16.1. The maximum atomic E-state index is 15.1. The molecule has 46 heavy (non-hydrogen) atoms. The van der Waals surface area contributed by atoms with Crippen LogP contribution >= 0.6 is 11.8 Å². The van der Waals surface area contributed by atoms with Gasteiger partial charge in [-0.1, -0.05) is 42.5 Å². The predicted octanol–water partition coefficient (Wildman–Crippen LogP) is 4.78. The van der Waals surface area contributed by atoms with E-state index in [-0.39, 0.29) is 30.9 Å². The number of likely N-dealkylation sites (tertiary alicyclic amines) is 1. The average Bonchev–Trinajstić information content (AvgIpc) is 3.64. The Morgan fingerprint density at radius 1 is 1.00 bits per heavy atom. The van der Waals surface area contributed by atoms with E-state index in [0.29, 0.717) is 19.4 Å². The molecule has 2 aromatic rings. The van der Waals surface area contributed by atoms with Gasteiger partial charge in [0.1, 0.15) is 6.04 Å². The number of thioether (sulfide) groups is 1. The Morgan fingerprint density at radius 2 is 1.63 bits per heavy atom. The Balaban J connectivity index is 1.61. The lowest BCUT2D eigenvalue weighted by atomic mass is 9.66. The normalized spacial score (nSPS) is 26.8. The van der Waals surface area contributed by atoms with E-state index in [2.05, 4.69) is 38.8 Å². The van der Waals surface area contributed by atoms with Crippen molar-refractivity contribution in [2.24, 2.45) is 11.8 Å². The number of carbonyl (C=O) groups is 3. The molecular formula is C37H48N4O4S. The van der Waals surface area contributed by atoms with Crippen molar-refractivity contribution in [2.45, 2.75) is 61.6 Å². The highest BCUT2D eigenvalue weighted by Crippen LogP contribution is 2.72. The van der Waals surface area contributed by atoms with Crippen LogP contribution in [0.4, 0.5) is 11.4 Å². The van der Waals surface area contributed by atoms with Crippen LogP contribution in [0.25, 0.3) is 0 Å². The Morgan fingerprint density at radius 3 is 2.22 bits per heavy atom. The molecule has 0 aliphatic carbocycles. The maximum absolute atomic E-state index is 15.1. The highest BCUT2D eigenvalue weighted by atomic mass is 32.2. The van der Waals surface area contributed by atoms with Gasteiger partial charge in [0.2, 0.25) is 11.8 Å². The Hall–Kier alpha value is -3.56. The molecule has 2 aromatic carbocycles. The first-order valence-electron chi connectivity index (χ1n) is 16.4. The van der Waals surface area contributed by atoms with Crippen LogP contribution in [0.2, 0.25) is 0 Å². The number of hydrogen-bond acceptors (Lipinski definition) is 6. The third-order valence-electron chi connectivity index (χ3n) is 10.3. The van der Waals surface area contributed by atoms with Crippen molar-refractivity contribution in [1.29, 1.82) is 0 Å². The van der Waals surface area contributed by atoms with E-state index >= 15 is 4.79 Å². The second kappa shape index (κ2) is 13.7. The molecule has 246 valence electrons. The molecule has 3 amide bonds. The smallest absolute Gasteiger partial charge is 0.251 e. The molecule has 2 bridgehead atoms. The van der Waals surface area contributed by atoms with Crippen molar-refractivity contribution in [3.8, 4) is 0 Å². The number of likely N-dealkylation sites (N-methyl/N-ethyl adjacent to an activating group) is 1. The van der Waals surface area contributed by atoms with Gasteiger partial charge in [-0.3, -0.25) is 14.4 Å². The molecule has 1 N–H and O–H groups in total. The van der Waals surface area contributed by atoms with E-state index in [1.54, 1.807) is 45.7 Å². The zero-order valence-electron chi connectivity index (χ0n) is 27.6. The molecule has 3 aliphatic heterocycles. The van der Waals surface area contributed by atoms with Gasteiger partial charge in [0.05, 0.1) is 29.2 Å². The summed E-state index contributed by atoms with van der Waals surface area (Å²) in [5.74, 6) is -1.78. The first kappa shape index (κ1) is 33.8. The maximum Gasteiger partial charge on any atom is 0.251 e. The van der Waals surface area contributed by atoms with Gasteiger partial charge in [0, 0.05) is 49.3 Å². The third-order valence-corrected chi connectivity index (χ3v) is 12.3. The quantitative estimate of drug-likeness (QED) is 0.298. The van der Waals surface area contributed by atoms with Gasteiger partial charge in [-0.25, -0.2) is 0 Å². The molecule has 0 radical (unpaired) electrons. The fourth-order valence-electron chi connectivity index (χ4n) is 8.10. The van der Waals surface area contributed by atoms with E-state index in [1.165, 1.54) is 0 Å². The van der Waals surface area contributed by atoms with Gasteiger partial charge < -0.3 is 24.7 Å². The zero-order chi connectivity index (χ0) is 33.2. The standard InChI is InChI=1S/C37H48N4O4S/c1-7-22-38(6)33(43)30-31-34(44)41(29(25-42)24-26-14-12-11-13-15-26)32(37(31)21-20-36(30,5)46-37)35(45)40(23-8-2)28-18-16-27(17-19-28)39(9-3)10-4/h7-8,11-19,29-32,42H,1-2,9-10,20-25H2,3-6H3/t29-,30-,31+,32?,36+,37?/m1/s1. The average molecular weight is 645 g/mol. The van der Waals surface area contributed by atoms with Gasteiger partial charge in [-0.05, 0) is 69.9 Å². The van der Waals surface area contributed by atoms with E-state index in [4.69, 9.17) is 0 Å². The Labute approximate surface area is 278 Å². The van der Waals surface area contributed by atoms with Gasteiger partial charge in [0.25, 0.3) is 5.91 Å². The minimum atomic E-state index is -0.859. The van der Waals surface area contributed by atoms with Crippen molar-refractivity contribution in [3.05, 3.63) is 85.5 Å². The van der Waals surface area contributed by atoms with Crippen LogP contribution in [0, 0.1) is 11.8 Å². The summed E-state index contributed by atoms with van der Waals surface area (Å²) in [5, 5.41) is 10.8. The second-order valence-corrected chi connectivity index (χ2v) is 14.8. The fraction of sp³-hybridized carbons (Fsp3) is 0.486. The number of carbonyl (C=O) groups excluding carboxylic acids is 3. The van der Waals surface area contributed by atoms with E-state index in [9.17, 15) is 14.7 Å². The molecule has 3 aliphatic rings. The topological polar surface area (TPSA) is 84.4 Å². The number of rotatable bonds is 14. The van der Waals surface area contributed by atoms with Crippen molar-refractivity contribution in [3.63, 3.8) is 0 Å². The summed E-state index contributed by atoms with van der Waals surface area (Å²) in [4.78, 5) is 51.3. The number of fused-ring (bicyclic) bond motifs is 1. The number of benzene rings is 2. The van der Waals surface area contributed by atoms with Crippen LogP contribution in [0.1, 0.15) is 39.2 Å².